The minimum atomic E-state index is -0.436. The fourth-order valence-corrected chi connectivity index (χ4v) is 5.03. The second-order valence-electron chi connectivity index (χ2n) is 8.37. The molecule has 2 aliphatic rings. The largest absolute Gasteiger partial charge is 0.467 e. The number of hydrogen-bond donors (Lipinski definition) is 0. The van der Waals surface area contributed by atoms with Crippen LogP contribution in [0.25, 0.3) is 0 Å². The smallest absolute Gasteiger partial charge is 0.340 e. The standard InChI is InChI=1S/C23H30N2O4/c1-16-13-20(17(2)25(16)14-19-9-6-12-28-19)23(27)29-15-22(26)24-11-5-8-18-7-3-4-10-21(18)24/h6,9,12-13,18,21H,3-5,7-8,10-11,14-15H2,1-2H3/t18-,21+/m0/s1. The van der Waals surface area contributed by atoms with E-state index in [4.69, 9.17) is 9.15 Å². The van der Waals surface area contributed by atoms with E-state index in [-0.39, 0.29) is 12.5 Å². The van der Waals surface area contributed by atoms with Crippen LogP contribution in [0.3, 0.4) is 0 Å². The number of piperidine rings is 1. The molecule has 1 aliphatic carbocycles. The highest BCUT2D eigenvalue weighted by Crippen LogP contribution is 2.35. The van der Waals surface area contributed by atoms with Crippen LogP contribution >= 0.6 is 0 Å². The SMILES string of the molecule is Cc1cc(C(=O)OCC(=O)N2CCC[C@@H]3CCCC[C@H]32)c(C)n1Cc1ccco1. The second kappa shape index (κ2) is 8.47. The summed E-state index contributed by atoms with van der Waals surface area (Å²) in [6.07, 6.45) is 8.67. The summed E-state index contributed by atoms with van der Waals surface area (Å²) in [5.41, 5.74) is 2.29. The lowest BCUT2D eigenvalue weighted by Crippen LogP contribution is -2.50. The first-order valence-corrected chi connectivity index (χ1v) is 10.7. The van der Waals surface area contributed by atoms with Gasteiger partial charge in [0.25, 0.3) is 5.91 Å². The molecule has 156 valence electrons. The maximum absolute atomic E-state index is 12.8. The number of amides is 1. The Morgan fingerprint density at radius 2 is 1.97 bits per heavy atom. The Bertz CT molecular complexity index is 866. The van der Waals surface area contributed by atoms with Gasteiger partial charge in [-0.3, -0.25) is 4.79 Å². The Balaban J connectivity index is 1.39. The van der Waals surface area contributed by atoms with E-state index in [9.17, 15) is 9.59 Å². The molecule has 2 atom stereocenters. The maximum Gasteiger partial charge on any atom is 0.340 e. The van der Waals surface area contributed by atoms with E-state index in [0.717, 1.165) is 36.5 Å². The molecule has 2 fully saturated rings. The van der Waals surface area contributed by atoms with Crippen LogP contribution in [0.4, 0.5) is 0 Å². The summed E-state index contributed by atoms with van der Waals surface area (Å²) in [7, 11) is 0. The highest BCUT2D eigenvalue weighted by atomic mass is 16.5. The fourth-order valence-electron chi connectivity index (χ4n) is 5.03. The molecule has 2 aromatic rings. The average Bonchev–Trinajstić information content (AvgIpc) is 3.35. The number of likely N-dealkylation sites (tertiary alicyclic amines) is 1. The molecular weight excluding hydrogens is 368 g/mol. The summed E-state index contributed by atoms with van der Waals surface area (Å²) in [5.74, 6) is 0.959. The molecule has 3 heterocycles. The number of hydrogen-bond acceptors (Lipinski definition) is 4. The number of aromatic nitrogens is 1. The summed E-state index contributed by atoms with van der Waals surface area (Å²) in [4.78, 5) is 27.4. The predicted molar refractivity (Wildman–Crippen MR) is 109 cm³/mol. The van der Waals surface area contributed by atoms with Gasteiger partial charge in [-0.2, -0.15) is 0 Å². The number of rotatable bonds is 5. The molecule has 0 unspecified atom stereocenters. The molecule has 1 saturated heterocycles. The molecule has 1 amide bonds. The molecule has 1 aliphatic heterocycles. The molecule has 29 heavy (non-hydrogen) atoms. The van der Waals surface area contributed by atoms with Crippen molar-refractivity contribution in [3.63, 3.8) is 0 Å². The zero-order valence-electron chi connectivity index (χ0n) is 17.4. The van der Waals surface area contributed by atoms with Gasteiger partial charge in [-0.1, -0.05) is 12.8 Å². The van der Waals surface area contributed by atoms with E-state index in [1.807, 2.05) is 41.5 Å². The van der Waals surface area contributed by atoms with Gasteiger partial charge in [0.15, 0.2) is 6.61 Å². The van der Waals surface area contributed by atoms with Crippen LogP contribution in [0.1, 0.15) is 66.0 Å². The van der Waals surface area contributed by atoms with Crippen LogP contribution in [-0.2, 0) is 16.1 Å². The third-order valence-corrected chi connectivity index (χ3v) is 6.58. The summed E-state index contributed by atoms with van der Waals surface area (Å²) < 4.78 is 12.9. The number of esters is 1. The van der Waals surface area contributed by atoms with Gasteiger partial charge in [-0.15, -0.1) is 0 Å². The van der Waals surface area contributed by atoms with E-state index >= 15 is 0 Å². The molecule has 6 nitrogen and oxygen atoms in total. The number of carbonyl (C=O) groups excluding carboxylic acids is 2. The van der Waals surface area contributed by atoms with Gasteiger partial charge in [0.2, 0.25) is 0 Å². The Morgan fingerprint density at radius 1 is 1.17 bits per heavy atom. The topological polar surface area (TPSA) is 64.7 Å². The van der Waals surface area contributed by atoms with Crippen LogP contribution < -0.4 is 0 Å². The Morgan fingerprint density at radius 3 is 2.76 bits per heavy atom. The van der Waals surface area contributed by atoms with Crippen molar-refractivity contribution in [2.75, 3.05) is 13.2 Å². The van der Waals surface area contributed by atoms with Crippen molar-refractivity contribution in [3.8, 4) is 0 Å². The number of ether oxygens (including phenoxy) is 1. The van der Waals surface area contributed by atoms with E-state index in [1.165, 1.54) is 25.7 Å². The lowest BCUT2D eigenvalue weighted by molar-refractivity contribution is -0.140. The van der Waals surface area contributed by atoms with Crippen molar-refractivity contribution in [2.24, 2.45) is 5.92 Å². The summed E-state index contributed by atoms with van der Waals surface area (Å²) in [5, 5.41) is 0. The van der Waals surface area contributed by atoms with E-state index in [0.29, 0.717) is 24.1 Å². The van der Waals surface area contributed by atoms with Crippen LogP contribution in [0.2, 0.25) is 0 Å². The van der Waals surface area contributed by atoms with Gasteiger partial charge in [0.05, 0.1) is 18.4 Å². The molecule has 2 aromatic heterocycles. The quantitative estimate of drug-likeness (QED) is 0.712. The fraction of sp³-hybridized carbons (Fsp3) is 0.565. The molecule has 0 N–H and O–H groups in total. The number of carbonyl (C=O) groups is 2. The van der Waals surface area contributed by atoms with E-state index in [1.54, 1.807) is 6.26 Å². The highest BCUT2D eigenvalue weighted by molar-refractivity contribution is 5.92. The monoisotopic (exact) mass is 398 g/mol. The third-order valence-electron chi connectivity index (χ3n) is 6.58. The van der Waals surface area contributed by atoms with Crippen LogP contribution in [0.5, 0.6) is 0 Å². The molecule has 1 saturated carbocycles. The number of fused-ring (bicyclic) bond motifs is 1. The lowest BCUT2D eigenvalue weighted by Gasteiger charge is -2.44. The Labute approximate surface area is 171 Å². The molecule has 0 bridgehead atoms. The van der Waals surface area contributed by atoms with Crippen molar-refractivity contribution in [2.45, 2.75) is 65.0 Å². The highest BCUT2D eigenvalue weighted by Gasteiger charge is 2.36. The van der Waals surface area contributed by atoms with Crippen LogP contribution in [-0.4, -0.2) is 40.5 Å². The summed E-state index contributed by atoms with van der Waals surface area (Å²) >= 11 is 0. The third kappa shape index (κ3) is 4.11. The van der Waals surface area contributed by atoms with Crippen molar-refractivity contribution < 1.29 is 18.7 Å². The maximum atomic E-state index is 12.8. The molecule has 4 rings (SSSR count). The normalized spacial score (nSPS) is 21.7. The first-order chi connectivity index (χ1) is 14.0. The summed E-state index contributed by atoms with van der Waals surface area (Å²) in [6.45, 7) is 5.02. The molecule has 0 spiro atoms. The first-order valence-electron chi connectivity index (χ1n) is 10.7. The van der Waals surface area contributed by atoms with Crippen LogP contribution in [0.15, 0.2) is 28.9 Å². The molecule has 0 radical (unpaired) electrons. The van der Waals surface area contributed by atoms with Gasteiger partial charge >= 0.3 is 5.97 Å². The minimum Gasteiger partial charge on any atom is -0.467 e. The first kappa shape index (κ1) is 19.8. The minimum absolute atomic E-state index is 0.0562. The van der Waals surface area contributed by atoms with Gasteiger partial charge < -0.3 is 18.6 Å². The average molecular weight is 399 g/mol. The molecule has 6 heteroatoms. The summed E-state index contributed by atoms with van der Waals surface area (Å²) in [6, 6.07) is 5.92. The second-order valence-corrected chi connectivity index (χ2v) is 8.37. The van der Waals surface area contributed by atoms with Gasteiger partial charge in [-0.05, 0) is 63.6 Å². The zero-order valence-corrected chi connectivity index (χ0v) is 17.4. The van der Waals surface area contributed by atoms with Crippen molar-refractivity contribution in [3.05, 3.63) is 47.2 Å². The number of aryl methyl sites for hydroxylation is 1. The van der Waals surface area contributed by atoms with Crippen molar-refractivity contribution in [1.29, 1.82) is 0 Å². The number of nitrogens with zero attached hydrogens (tertiary/aromatic N) is 2. The van der Waals surface area contributed by atoms with E-state index in [2.05, 4.69) is 0 Å². The zero-order chi connectivity index (χ0) is 20.4. The Kier molecular flexibility index (Phi) is 5.79. The van der Waals surface area contributed by atoms with Crippen LogP contribution in [0, 0.1) is 19.8 Å². The molecule has 0 aromatic carbocycles. The lowest BCUT2D eigenvalue weighted by atomic mass is 9.78. The van der Waals surface area contributed by atoms with Gasteiger partial charge in [0.1, 0.15) is 5.76 Å². The van der Waals surface area contributed by atoms with Crippen molar-refractivity contribution >= 4 is 11.9 Å². The van der Waals surface area contributed by atoms with E-state index < -0.39 is 5.97 Å². The predicted octanol–water partition coefficient (Wildman–Crippen LogP) is 4.08. The number of furan rings is 1. The van der Waals surface area contributed by atoms with Gasteiger partial charge in [0, 0.05) is 24.0 Å². The van der Waals surface area contributed by atoms with Gasteiger partial charge in [-0.25, -0.2) is 4.79 Å². The van der Waals surface area contributed by atoms with Crippen molar-refractivity contribution in [1.82, 2.24) is 9.47 Å². The molecular formula is C23H30N2O4. The Hall–Kier alpha value is -2.50.